The molecule has 0 radical (unpaired) electrons. The number of allylic oxidation sites excluding steroid dienone is 6. The van der Waals surface area contributed by atoms with Crippen LogP contribution >= 0.6 is 0 Å². The Kier molecular flexibility index (Phi) is 4.88. The molecule has 0 N–H and O–H groups in total. The molecule has 0 atom stereocenters. The number of carbonyl (C=O) groups is 3. The van der Waals surface area contributed by atoms with E-state index >= 15 is 0 Å². The first-order valence-corrected chi connectivity index (χ1v) is 8.33. The lowest BCUT2D eigenvalue weighted by Gasteiger charge is -2.27. The van der Waals surface area contributed by atoms with E-state index in [1.807, 2.05) is 0 Å². The van der Waals surface area contributed by atoms with Gasteiger partial charge in [-0.1, -0.05) is 19.3 Å². The molecule has 1 aliphatic heterocycles. The van der Waals surface area contributed by atoms with Crippen molar-refractivity contribution in [2.45, 2.75) is 32.1 Å². The highest BCUT2D eigenvalue weighted by atomic mass is 16.5. The average molecular weight is 344 g/mol. The Labute approximate surface area is 145 Å². The van der Waals surface area contributed by atoms with E-state index in [0.29, 0.717) is 11.3 Å². The molecule has 0 aromatic rings. The average Bonchev–Trinajstić information content (AvgIpc) is 2.65. The highest BCUT2D eigenvalue weighted by Crippen LogP contribution is 2.35. The Hall–Kier alpha value is -2.63. The van der Waals surface area contributed by atoms with Gasteiger partial charge in [0, 0.05) is 17.6 Å². The minimum absolute atomic E-state index is 0.0273. The minimum Gasteiger partial charge on any atom is -0.492 e. The summed E-state index contributed by atoms with van der Waals surface area (Å²) in [6.07, 6.45) is 9.30. The van der Waals surface area contributed by atoms with Crippen molar-refractivity contribution in [3.05, 3.63) is 46.8 Å². The summed E-state index contributed by atoms with van der Waals surface area (Å²) in [5.41, 5.74) is 0.299. The van der Waals surface area contributed by atoms with Crippen molar-refractivity contribution in [3.63, 3.8) is 0 Å². The van der Waals surface area contributed by atoms with Crippen molar-refractivity contribution >= 4 is 17.3 Å². The molecule has 25 heavy (non-hydrogen) atoms. The summed E-state index contributed by atoms with van der Waals surface area (Å²) in [4.78, 5) is 36.5. The first-order valence-electron chi connectivity index (χ1n) is 8.33. The molecule has 3 aliphatic rings. The molecule has 0 saturated heterocycles. The van der Waals surface area contributed by atoms with E-state index in [4.69, 9.17) is 14.2 Å². The van der Waals surface area contributed by atoms with Crippen LogP contribution in [0.15, 0.2) is 46.8 Å². The third-order valence-electron chi connectivity index (χ3n) is 4.65. The maximum atomic E-state index is 12.3. The quantitative estimate of drug-likeness (QED) is 0.578. The Morgan fingerprint density at radius 2 is 1.48 bits per heavy atom. The molecule has 0 spiro atoms. The summed E-state index contributed by atoms with van der Waals surface area (Å²) in [7, 11) is 2.71. The molecule has 0 bridgehead atoms. The predicted octanol–water partition coefficient (Wildman–Crippen LogP) is 2.52. The zero-order chi connectivity index (χ0) is 18.0. The normalized spacial score (nSPS) is 22.2. The van der Waals surface area contributed by atoms with E-state index < -0.39 is 17.3 Å². The smallest absolute Gasteiger partial charge is 0.268 e. The predicted molar refractivity (Wildman–Crippen MR) is 88.0 cm³/mol. The van der Waals surface area contributed by atoms with Crippen molar-refractivity contribution in [2.24, 2.45) is 5.92 Å². The van der Waals surface area contributed by atoms with Crippen LogP contribution in [0.3, 0.4) is 0 Å². The summed E-state index contributed by atoms with van der Waals surface area (Å²) >= 11 is 0. The third-order valence-corrected chi connectivity index (χ3v) is 4.65. The fraction of sp³-hybridized carbons (Fsp3) is 0.421. The molecule has 1 saturated carbocycles. The first kappa shape index (κ1) is 17.2. The van der Waals surface area contributed by atoms with Gasteiger partial charge in [-0.15, -0.1) is 0 Å². The van der Waals surface area contributed by atoms with Crippen molar-refractivity contribution in [1.82, 2.24) is 0 Å². The van der Waals surface area contributed by atoms with Crippen LogP contribution in [0.1, 0.15) is 32.1 Å². The molecule has 132 valence electrons. The minimum atomic E-state index is -0.734. The molecule has 0 amide bonds. The number of hydrogen-bond acceptors (Lipinski definition) is 6. The number of Topliss-reactive ketones (excluding diaryl/α,β-unsaturated/α-hetero) is 2. The Balaban J connectivity index is 2.01. The number of methoxy groups -OCH3 is 2. The molecule has 0 aromatic carbocycles. The number of ketones is 3. The summed E-state index contributed by atoms with van der Waals surface area (Å²) < 4.78 is 15.9. The van der Waals surface area contributed by atoms with Gasteiger partial charge in [-0.3, -0.25) is 14.4 Å². The Bertz CT molecular complexity index is 718. The highest BCUT2D eigenvalue weighted by Gasteiger charge is 2.34. The van der Waals surface area contributed by atoms with E-state index in [-0.39, 0.29) is 23.2 Å². The second kappa shape index (κ2) is 7.09. The fourth-order valence-corrected chi connectivity index (χ4v) is 3.29. The van der Waals surface area contributed by atoms with Crippen LogP contribution in [-0.4, -0.2) is 31.6 Å². The molecular weight excluding hydrogens is 324 g/mol. The maximum absolute atomic E-state index is 12.3. The molecule has 6 nitrogen and oxygen atoms in total. The van der Waals surface area contributed by atoms with Crippen LogP contribution < -0.4 is 0 Å². The van der Waals surface area contributed by atoms with E-state index in [1.165, 1.54) is 38.9 Å². The van der Waals surface area contributed by atoms with Gasteiger partial charge >= 0.3 is 0 Å². The largest absolute Gasteiger partial charge is 0.492 e. The Morgan fingerprint density at radius 3 is 2.04 bits per heavy atom. The zero-order valence-electron chi connectivity index (χ0n) is 14.3. The van der Waals surface area contributed by atoms with Crippen LogP contribution in [-0.2, 0) is 28.6 Å². The fourth-order valence-electron chi connectivity index (χ4n) is 3.29. The molecule has 3 rings (SSSR count). The van der Waals surface area contributed by atoms with Crippen molar-refractivity contribution in [3.8, 4) is 0 Å². The Morgan fingerprint density at radius 1 is 0.880 bits per heavy atom. The van der Waals surface area contributed by atoms with Gasteiger partial charge in [0.2, 0.25) is 5.78 Å². The number of ether oxygens (including phenoxy) is 3. The van der Waals surface area contributed by atoms with Gasteiger partial charge in [-0.05, 0) is 25.0 Å². The standard InChI is InChI=1S/C19H20O6/c1-23-15-8-12(9-16(24-2)18(15)22)19-17(21)13(20)10-14(25-19)11-6-4-3-5-7-11/h8-11H,3-7H2,1-2H3. The van der Waals surface area contributed by atoms with Gasteiger partial charge in [-0.2, -0.15) is 0 Å². The molecule has 0 aromatic heterocycles. The second-order valence-electron chi connectivity index (χ2n) is 6.22. The molecule has 1 heterocycles. The van der Waals surface area contributed by atoms with Crippen LogP contribution in [0, 0.1) is 5.92 Å². The van der Waals surface area contributed by atoms with Gasteiger partial charge in [0.1, 0.15) is 5.76 Å². The number of carbonyl (C=O) groups excluding carboxylic acids is 3. The monoisotopic (exact) mass is 344 g/mol. The molecular formula is C19H20O6. The number of hydrogen-bond donors (Lipinski definition) is 0. The van der Waals surface area contributed by atoms with Crippen molar-refractivity contribution in [1.29, 1.82) is 0 Å². The van der Waals surface area contributed by atoms with Gasteiger partial charge < -0.3 is 14.2 Å². The van der Waals surface area contributed by atoms with E-state index in [2.05, 4.69) is 0 Å². The lowest BCUT2D eigenvalue weighted by Crippen LogP contribution is -2.27. The molecule has 6 heteroatoms. The summed E-state index contributed by atoms with van der Waals surface area (Å²) in [5.74, 6) is -1.12. The van der Waals surface area contributed by atoms with Gasteiger partial charge in [-0.25, -0.2) is 0 Å². The van der Waals surface area contributed by atoms with Crippen LogP contribution in [0.5, 0.6) is 0 Å². The number of rotatable bonds is 3. The third kappa shape index (κ3) is 3.29. The lowest BCUT2D eigenvalue weighted by atomic mass is 9.86. The molecule has 0 unspecified atom stereocenters. The van der Waals surface area contributed by atoms with E-state index in [0.717, 1.165) is 25.7 Å². The second-order valence-corrected chi connectivity index (χ2v) is 6.22. The topological polar surface area (TPSA) is 78.9 Å². The SMILES string of the molecule is COC1=CC(=C2OC(C3CCCCC3)=CC(=O)C2=O)C=C(OC)C1=O. The maximum Gasteiger partial charge on any atom is 0.268 e. The van der Waals surface area contributed by atoms with Crippen molar-refractivity contribution < 1.29 is 28.6 Å². The van der Waals surface area contributed by atoms with E-state index in [1.54, 1.807) is 0 Å². The highest BCUT2D eigenvalue weighted by molar-refractivity contribution is 6.47. The summed E-state index contributed by atoms with van der Waals surface area (Å²) in [6.45, 7) is 0. The van der Waals surface area contributed by atoms with Gasteiger partial charge in [0.15, 0.2) is 17.3 Å². The van der Waals surface area contributed by atoms with Crippen LogP contribution in [0.25, 0.3) is 0 Å². The molecule has 2 aliphatic carbocycles. The summed E-state index contributed by atoms with van der Waals surface area (Å²) in [5, 5.41) is 0. The van der Waals surface area contributed by atoms with Gasteiger partial charge in [0.25, 0.3) is 11.6 Å². The zero-order valence-corrected chi connectivity index (χ0v) is 14.3. The first-order chi connectivity index (χ1) is 12.0. The van der Waals surface area contributed by atoms with Crippen LogP contribution in [0.4, 0.5) is 0 Å². The van der Waals surface area contributed by atoms with Crippen molar-refractivity contribution in [2.75, 3.05) is 14.2 Å². The lowest BCUT2D eigenvalue weighted by molar-refractivity contribution is -0.134. The molecule has 1 fully saturated rings. The van der Waals surface area contributed by atoms with Crippen LogP contribution in [0.2, 0.25) is 0 Å². The summed E-state index contributed by atoms with van der Waals surface area (Å²) in [6, 6.07) is 0. The van der Waals surface area contributed by atoms with Gasteiger partial charge in [0.05, 0.1) is 14.2 Å². The van der Waals surface area contributed by atoms with E-state index in [9.17, 15) is 14.4 Å².